The molecule has 2 rings (SSSR count). The van der Waals surface area contributed by atoms with Crippen LogP contribution >= 0.6 is 0 Å². The molecule has 106 valence electrons. The minimum Gasteiger partial charge on any atom is -0.316 e. The van der Waals surface area contributed by atoms with Crippen LogP contribution < -0.4 is 5.32 Å². The summed E-state index contributed by atoms with van der Waals surface area (Å²) in [5, 5.41) is 3.56. The first-order chi connectivity index (χ1) is 9.22. The topological polar surface area (TPSA) is 12.0 Å². The van der Waals surface area contributed by atoms with Crippen molar-refractivity contribution in [3.8, 4) is 0 Å². The lowest BCUT2D eigenvalue weighted by Gasteiger charge is -2.32. The van der Waals surface area contributed by atoms with Gasteiger partial charge in [-0.2, -0.15) is 0 Å². The van der Waals surface area contributed by atoms with E-state index >= 15 is 0 Å². The minimum absolute atomic E-state index is 0.653. The van der Waals surface area contributed by atoms with Crippen molar-refractivity contribution in [3.05, 3.63) is 35.4 Å². The van der Waals surface area contributed by atoms with E-state index in [1.54, 1.807) is 0 Å². The molecular weight excluding hydrogens is 230 g/mol. The number of aryl methyl sites for hydroxylation is 1. The minimum atomic E-state index is 0.653. The van der Waals surface area contributed by atoms with Crippen molar-refractivity contribution in [1.29, 1.82) is 0 Å². The molecule has 1 heteroatoms. The predicted molar refractivity (Wildman–Crippen MR) is 83.5 cm³/mol. The summed E-state index contributed by atoms with van der Waals surface area (Å²) in [6, 6.07) is 9.85. The average Bonchev–Trinajstić information content (AvgIpc) is 2.46. The molecule has 0 saturated heterocycles. The maximum absolute atomic E-state index is 3.56. The number of rotatable bonds is 5. The van der Waals surface area contributed by atoms with Crippen LogP contribution in [0.15, 0.2) is 24.3 Å². The summed E-state index contributed by atoms with van der Waals surface area (Å²) in [6.07, 6.45) is 7.95. The molecule has 0 radical (unpaired) electrons. The molecule has 1 aliphatic rings. The molecule has 1 aromatic carbocycles. The van der Waals surface area contributed by atoms with Gasteiger partial charge in [0.25, 0.3) is 0 Å². The van der Waals surface area contributed by atoms with Gasteiger partial charge in [-0.25, -0.2) is 0 Å². The smallest absolute Gasteiger partial charge is 0.0133 e. The third kappa shape index (κ3) is 4.07. The Morgan fingerprint density at radius 1 is 1.05 bits per heavy atom. The van der Waals surface area contributed by atoms with Gasteiger partial charge in [0.15, 0.2) is 0 Å². The highest BCUT2D eigenvalue weighted by Gasteiger charge is 2.25. The van der Waals surface area contributed by atoms with Crippen molar-refractivity contribution >= 4 is 0 Å². The zero-order valence-corrected chi connectivity index (χ0v) is 12.8. The first-order valence-corrected chi connectivity index (χ1v) is 7.98. The Morgan fingerprint density at radius 3 is 2.16 bits per heavy atom. The lowest BCUT2D eigenvalue weighted by atomic mass is 9.78. The first-order valence-electron chi connectivity index (χ1n) is 7.98. The highest BCUT2D eigenvalue weighted by molar-refractivity contribution is 5.23. The molecule has 1 N–H and O–H groups in total. The summed E-state index contributed by atoms with van der Waals surface area (Å²) < 4.78 is 0. The standard InChI is InChI=1S/C18H29N/c1-4-15-7-9-16(10-8-15)13-18(19-3)17-11-5-14(2)6-12-17/h7-10,14,17-19H,4-6,11-13H2,1-3H3. The van der Waals surface area contributed by atoms with Crippen LogP contribution in [0.25, 0.3) is 0 Å². The Bertz CT molecular complexity index is 360. The summed E-state index contributed by atoms with van der Waals surface area (Å²) in [6.45, 7) is 4.61. The van der Waals surface area contributed by atoms with Crippen molar-refractivity contribution < 1.29 is 0 Å². The second kappa shape index (κ2) is 7.09. The third-order valence-corrected chi connectivity index (χ3v) is 4.89. The first kappa shape index (κ1) is 14.6. The van der Waals surface area contributed by atoms with E-state index < -0.39 is 0 Å². The summed E-state index contributed by atoms with van der Waals surface area (Å²) >= 11 is 0. The predicted octanol–water partition coefficient (Wildman–Crippen LogP) is 4.21. The van der Waals surface area contributed by atoms with Crippen LogP contribution in [0.5, 0.6) is 0 Å². The van der Waals surface area contributed by atoms with E-state index in [0.717, 1.165) is 18.3 Å². The second-order valence-electron chi connectivity index (χ2n) is 6.29. The van der Waals surface area contributed by atoms with Crippen LogP contribution in [0, 0.1) is 11.8 Å². The van der Waals surface area contributed by atoms with Gasteiger partial charge in [0.2, 0.25) is 0 Å². The third-order valence-electron chi connectivity index (χ3n) is 4.89. The van der Waals surface area contributed by atoms with Gasteiger partial charge in [0.05, 0.1) is 0 Å². The zero-order valence-electron chi connectivity index (χ0n) is 12.8. The molecule has 1 aromatic rings. The number of nitrogens with one attached hydrogen (secondary N) is 1. The van der Waals surface area contributed by atoms with Gasteiger partial charge in [-0.3, -0.25) is 0 Å². The summed E-state index contributed by atoms with van der Waals surface area (Å²) in [7, 11) is 2.13. The largest absolute Gasteiger partial charge is 0.316 e. The molecule has 0 heterocycles. The Labute approximate surface area is 118 Å². The fraction of sp³-hybridized carbons (Fsp3) is 0.667. The molecule has 1 saturated carbocycles. The normalized spacial score (nSPS) is 25.2. The molecule has 1 unspecified atom stereocenters. The van der Waals surface area contributed by atoms with Gasteiger partial charge in [0.1, 0.15) is 0 Å². The highest BCUT2D eigenvalue weighted by atomic mass is 14.9. The monoisotopic (exact) mass is 259 g/mol. The Morgan fingerprint density at radius 2 is 1.63 bits per heavy atom. The van der Waals surface area contributed by atoms with Crippen molar-refractivity contribution in [1.82, 2.24) is 5.32 Å². The van der Waals surface area contributed by atoms with Crippen LogP contribution in [0.2, 0.25) is 0 Å². The van der Waals surface area contributed by atoms with E-state index in [1.807, 2.05) is 0 Å². The van der Waals surface area contributed by atoms with Crippen LogP contribution in [0.4, 0.5) is 0 Å². The number of likely N-dealkylation sites (N-methyl/N-ethyl adjacent to an activating group) is 1. The summed E-state index contributed by atoms with van der Waals surface area (Å²) in [5.41, 5.74) is 2.92. The van der Waals surface area contributed by atoms with Crippen LogP contribution in [-0.4, -0.2) is 13.1 Å². The molecule has 1 nitrogen and oxygen atoms in total. The summed E-state index contributed by atoms with van der Waals surface area (Å²) in [5.74, 6) is 1.81. The van der Waals surface area contributed by atoms with E-state index in [-0.39, 0.29) is 0 Å². The molecule has 19 heavy (non-hydrogen) atoms. The molecule has 0 spiro atoms. The molecule has 1 aliphatic carbocycles. The lowest BCUT2D eigenvalue weighted by Crippen LogP contribution is -2.37. The number of hydrogen-bond acceptors (Lipinski definition) is 1. The van der Waals surface area contributed by atoms with Crippen LogP contribution in [0.1, 0.15) is 50.7 Å². The van der Waals surface area contributed by atoms with E-state index in [4.69, 9.17) is 0 Å². The molecule has 1 atom stereocenters. The van der Waals surface area contributed by atoms with E-state index in [0.29, 0.717) is 6.04 Å². The second-order valence-corrected chi connectivity index (χ2v) is 6.29. The maximum Gasteiger partial charge on any atom is 0.0133 e. The fourth-order valence-electron chi connectivity index (χ4n) is 3.36. The lowest BCUT2D eigenvalue weighted by molar-refractivity contribution is 0.235. The van der Waals surface area contributed by atoms with E-state index in [9.17, 15) is 0 Å². The van der Waals surface area contributed by atoms with Crippen molar-refractivity contribution in [2.24, 2.45) is 11.8 Å². The van der Waals surface area contributed by atoms with Crippen LogP contribution in [-0.2, 0) is 12.8 Å². The van der Waals surface area contributed by atoms with Crippen molar-refractivity contribution in [2.75, 3.05) is 7.05 Å². The van der Waals surface area contributed by atoms with Crippen molar-refractivity contribution in [3.63, 3.8) is 0 Å². The fourth-order valence-corrected chi connectivity index (χ4v) is 3.36. The van der Waals surface area contributed by atoms with Crippen molar-refractivity contribution in [2.45, 2.75) is 58.4 Å². The number of benzene rings is 1. The van der Waals surface area contributed by atoms with E-state index in [1.165, 1.54) is 43.2 Å². The Hall–Kier alpha value is -0.820. The molecular formula is C18H29N. The SMILES string of the molecule is CCc1ccc(CC(NC)C2CCC(C)CC2)cc1. The molecule has 0 aliphatic heterocycles. The van der Waals surface area contributed by atoms with Gasteiger partial charge in [-0.1, -0.05) is 51.0 Å². The van der Waals surface area contributed by atoms with Crippen LogP contribution in [0.3, 0.4) is 0 Å². The molecule has 0 aromatic heterocycles. The molecule has 1 fully saturated rings. The Kier molecular flexibility index (Phi) is 5.45. The van der Waals surface area contributed by atoms with Gasteiger partial charge >= 0.3 is 0 Å². The number of hydrogen-bond donors (Lipinski definition) is 1. The van der Waals surface area contributed by atoms with E-state index in [2.05, 4.69) is 50.5 Å². The van der Waals surface area contributed by atoms with Gasteiger partial charge in [-0.15, -0.1) is 0 Å². The highest BCUT2D eigenvalue weighted by Crippen LogP contribution is 2.31. The zero-order chi connectivity index (χ0) is 13.7. The molecule has 0 amide bonds. The maximum atomic E-state index is 3.56. The van der Waals surface area contributed by atoms with Gasteiger partial charge in [0, 0.05) is 6.04 Å². The Balaban J connectivity index is 1.94. The summed E-state index contributed by atoms with van der Waals surface area (Å²) in [4.78, 5) is 0. The quantitative estimate of drug-likeness (QED) is 0.835. The molecule has 0 bridgehead atoms. The van der Waals surface area contributed by atoms with Gasteiger partial charge in [-0.05, 0) is 55.7 Å². The van der Waals surface area contributed by atoms with Gasteiger partial charge < -0.3 is 5.32 Å². The average molecular weight is 259 g/mol.